The number of anilines is 1. The molecule has 4 heteroatoms. The fourth-order valence-corrected chi connectivity index (χ4v) is 2.16. The predicted molar refractivity (Wildman–Crippen MR) is 64.6 cm³/mol. The van der Waals surface area contributed by atoms with E-state index in [0.717, 1.165) is 31.9 Å². The van der Waals surface area contributed by atoms with Crippen LogP contribution in [0.1, 0.15) is 12.0 Å². The van der Waals surface area contributed by atoms with Crippen molar-refractivity contribution in [1.29, 1.82) is 0 Å². The van der Waals surface area contributed by atoms with E-state index in [1.54, 1.807) is 7.11 Å². The molecule has 0 radical (unpaired) electrons. The third-order valence-electron chi connectivity index (χ3n) is 3.01. The first-order chi connectivity index (χ1) is 7.85. The van der Waals surface area contributed by atoms with Crippen molar-refractivity contribution in [3.63, 3.8) is 0 Å². The summed E-state index contributed by atoms with van der Waals surface area (Å²) in [5.74, 6) is 1.09. The predicted octanol–water partition coefficient (Wildman–Crippen LogP) is 1.03. The Kier molecular flexibility index (Phi) is 3.74. The topological polar surface area (TPSA) is 37.4 Å². The number of methoxy groups -OCH3 is 1. The van der Waals surface area contributed by atoms with Crippen LogP contribution in [-0.2, 0) is 11.3 Å². The molecular weight excluding hydrogens is 202 g/mol. The second kappa shape index (κ2) is 5.27. The van der Waals surface area contributed by atoms with E-state index >= 15 is 0 Å². The highest BCUT2D eigenvalue weighted by Gasteiger charge is 2.24. The zero-order valence-corrected chi connectivity index (χ0v) is 9.94. The van der Waals surface area contributed by atoms with Gasteiger partial charge in [-0.2, -0.15) is 0 Å². The Labute approximate surface area is 96.6 Å². The molecule has 2 rings (SSSR count). The number of rotatable bonds is 4. The van der Waals surface area contributed by atoms with Crippen LogP contribution in [0.2, 0.25) is 0 Å². The number of hydrogen-bond acceptors (Lipinski definition) is 4. The molecule has 1 aromatic rings. The van der Waals surface area contributed by atoms with Gasteiger partial charge >= 0.3 is 0 Å². The SMILES string of the molecule is CNCc1cccnc1N1CCC(OC)C1. The normalized spacial score (nSPS) is 20.4. The first-order valence-electron chi connectivity index (χ1n) is 5.71. The van der Waals surface area contributed by atoms with Gasteiger partial charge in [0, 0.05) is 38.5 Å². The summed E-state index contributed by atoms with van der Waals surface area (Å²) >= 11 is 0. The summed E-state index contributed by atoms with van der Waals surface area (Å²) in [6.45, 7) is 2.84. The Morgan fingerprint density at radius 2 is 2.50 bits per heavy atom. The molecule has 1 atom stereocenters. The highest BCUT2D eigenvalue weighted by atomic mass is 16.5. The van der Waals surface area contributed by atoms with E-state index in [2.05, 4.69) is 21.3 Å². The van der Waals surface area contributed by atoms with Crippen LogP contribution in [0.4, 0.5) is 5.82 Å². The molecule has 1 fully saturated rings. The molecule has 1 aliphatic heterocycles. The van der Waals surface area contributed by atoms with Crippen LogP contribution in [0.5, 0.6) is 0 Å². The zero-order valence-electron chi connectivity index (χ0n) is 9.94. The lowest BCUT2D eigenvalue weighted by atomic mass is 10.2. The van der Waals surface area contributed by atoms with Crippen LogP contribution in [-0.4, -0.2) is 38.3 Å². The van der Waals surface area contributed by atoms with Gasteiger partial charge in [-0.05, 0) is 19.5 Å². The van der Waals surface area contributed by atoms with Gasteiger partial charge in [0.2, 0.25) is 0 Å². The summed E-state index contributed by atoms with van der Waals surface area (Å²) in [4.78, 5) is 6.78. The molecule has 1 N–H and O–H groups in total. The monoisotopic (exact) mass is 221 g/mol. The summed E-state index contributed by atoms with van der Waals surface area (Å²) in [6, 6.07) is 4.11. The average Bonchev–Trinajstić information content (AvgIpc) is 2.79. The molecule has 0 bridgehead atoms. The van der Waals surface area contributed by atoms with Gasteiger partial charge in [0.1, 0.15) is 5.82 Å². The highest BCUT2D eigenvalue weighted by molar-refractivity contribution is 5.47. The first kappa shape index (κ1) is 11.4. The van der Waals surface area contributed by atoms with Crippen molar-refractivity contribution in [2.24, 2.45) is 0 Å². The fourth-order valence-electron chi connectivity index (χ4n) is 2.16. The molecule has 0 spiro atoms. The molecule has 1 aliphatic rings. The lowest BCUT2D eigenvalue weighted by Gasteiger charge is -2.20. The average molecular weight is 221 g/mol. The van der Waals surface area contributed by atoms with E-state index in [1.165, 1.54) is 5.56 Å². The van der Waals surface area contributed by atoms with Crippen molar-refractivity contribution in [2.75, 3.05) is 32.1 Å². The van der Waals surface area contributed by atoms with E-state index in [-0.39, 0.29) is 0 Å². The Morgan fingerprint density at radius 3 is 3.19 bits per heavy atom. The van der Waals surface area contributed by atoms with Crippen molar-refractivity contribution in [2.45, 2.75) is 19.1 Å². The molecule has 0 saturated carbocycles. The van der Waals surface area contributed by atoms with Gasteiger partial charge in [-0.25, -0.2) is 4.98 Å². The third-order valence-corrected chi connectivity index (χ3v) is 3.01. The lowest BCUT2D eigenvalue weighted by Crippen LogP contribution is -2.25. The second-order valence-corrected chi connectivity index (χ2v) is 4.11. The van der Waals surface area contributed by atoms with Gasteiger partial charge < -0.3 is 15.0 Å². The van der Waals surface area contributed by atoms with E-state index in [0.29, 0.717) is 6.10 Å². The molecule has 0 aliphatic carbocycles. The Hall–Kier alpha value is -1.13. The minimum atomic E-state index is 0.351. The van der Waals surface area contributed by atoms with Crippen molar-refractivity contribution in [3.05, 3.63) is 23.9 Å². The van der Waals surface area contributed by atoms with Crippen LogP contribution in [0.25, 0.3) is 0 Å². The Bertz CT molecular complexity index is 343. The van der Waals surface area contributed by atoms with Gasteiger partial charge in [-0.3, -0.25) is 0 Å². The second-order valence-electron chi connectivity index (χ2n) is 4.11. The quantitative estimate of drug-likeness (QED) is 0.824. The number of aromatic nitrogens is 1. The molecule has 1 unspecified atom stereocenters. The van der Waals surface area contributed by atoms with E-state index in [9.17, 15) is 0 Å². The smallest absolute Gasteiger partial charge is 0.133 e. The Balaban J connectivity index is 2.14. The van der Waals surface area contributed by atoms with Gasteiger partial charge in [-0.15, -0.1) is 0 Å². The van der Waals surface area contributed by atoms with Gasteiger partial charge in [0.05, 0.1) is 6.10 Å². The van der Waals surface area contributed by atoms with Gasteiger partial charge in [-0.1, -0.05) is 6.07 Å². The van der Waals surface area contributed by atoms with Crippen molar-refractivity contribution in [1.82, 2.24) is 10.3 Å². The highest BCUT2D eigenvalue weighted by Crippen LogP contribution is 2.22. The summed E-state index contributed by atoms with van der Waals surface area (Å²) < 4.78 is 5.38. The number of nitrogens with one attached hydrogen (secondary N) is 1. The van der Waals surface area contributed by atoms with Gasteiger partial charge in [0.15, 0.2) is 0 Å². The minimum absolute atomic E-state index is 0.351. The summed E-state index contributed by atoms with van der Waals surface area (Å²) in [5.41, 5.74) is 1.25. The maximum Gasteiger partial charge on any atom is 0.133 e. The first-order valence-corrected chi connectivity index (χ1v) is 5.71. The largest absolute Gasteiger partial charge is 0.380 e. The van der Waals surface area contributed by atoms with E-state index in [4.69, 9.17) is 4.74 Å². The molecule has 4 nitrogen and oxygen atoms in total. The standard InChI is InChI=1S/C12H19N3O/c1-13-8-10-4-3-6-14-12(10)15-7-5-11(9-15)16-2/h3-4,6,11,13H,5,7-9H2,1-2H3. The molecule has 0 aromatic carbocycles. The van der Waals surface area contributed by atoms with Crippen LogP contribution in [0.3, 0.4) is 0 Å². The number of hydrogen-bond donors (Lipinski definition) is 1. The van der Waals surface area contributed by atoms with Crippen molar-refractivity contribution in [3.8, 4) is 0 Å². The van der Waals surface area contributed by atoms with E-state index in [1.807, 2.05) is 19.3 Å². The summed E-state index contributed by atoms with van der Waals surface area (Å²) in [5, 5.41) is 3.18. The number of nitrogens with zero attached hydrogens (tertiary/aromatic N) is 2. The maximum absolute atomic E-state index is 5.38. The molecule has 88 valence electrons. The Morgan fingerprint density at radius 1 is 1.62 bits per heavy atom. The van der Waals surface area contributed by atoms with E-state index < -0.39 is 0 Å². The molecular formula is C12H19N3O. The third kappa shape index (κ3) is 2.33. The van der Waals surface area contributed by atoms with Crippen molar-refractivity contribution >= 4 is 5.82 Å². The zero-order chi connectivity index (χ0) is 11.4. The van der Waals surface area contributed by atoms with Crippen LogP contribution in [0.15, 0.2) is 18.3 Å². The minimum Gasteiger partial charge on any atom is -0.380 e. The molecule has 1 aromatic heterocycles. The van der Waals surface area contributed by atoms with Gasteiger partial charge in [0.25, 0.3) is 0 Å². The molecule has 2 heterocycles. The van der Waals surface area contributed by atoms with Crippen LogP contribution in [0, 0.1) is 0 Å². The summed E-state index contributed by atoms with van der Waals surface area (Å²) in [7, 11) is 3.74. The summed E-state index contributed by atoms with van der Waals surface area (Å²) in [6.07, 6.45) is 3.30. The number of pyridine rings is 1. The maximum atomic E-state index is 5.38. The molecule has 16 heavy (non-hydrogen) atoms. The van der Waals surface area contributed by atoms with Crippen LogP contribution < -0.4 is 10.2 Å². The van der Waals surface area contributed by atoms with Crippen LogP contribution >= 0.6 is 0 Å². The fraction of sp³-hybridized carbons (Fsp3) is 0.583. The molecule has 1 saturated heterocycles. The number of ether oxygens (including phenoxy) is 1. The lowest BCUT2D eigenvalue weighted by molar-refractivity contribution is 0.121. The molecule has 0 amide bonds. The van der Waals surface area contributed by atoms with Crippen molar-refractivity contribution < 1.29 is 4.74 Å².